The Morgan fingerprint density at radius 3 is 2.62 bits per heavy atom. The summed E-state index contributed by atoms with van der Waals surface area (Å²) in [6.45, 7) is 4.45. The van der Waals surface area contributed by atoms with Gasteiger partial charge in [0.2, 0.25) is 5.91 Å². The quantitative estimate of drug-likeness (QED) is 0.827. The van der Waals surface area contributed by atoms with Gasteiger partial charge in [-0.2, -0.15) is 13.2 Å². The van der Waals surface area contributed by atoms with Gasteiger partial charge < -0.3 is 10.4 Å². The molecule has 0 bridgehead atoms. The molecule has 3 rings (SSSR count). The molecule has 3 heterocycles. The lowest BCUT2D eigenvalue weighted by molar-refractivity contribution is -0.192. The maximum Gasteiger partial charge on any atom is 0.490 e. The molecule has 1 aromatic heterocycles. The third kappa shape index (κ3) is 4.97. The van der Waals surface area contributed by atoms with Gasteiger partial charge in [-0.3, -0.25) is 9.69 Å². The number of carbonyl (C=O) groups is 2. The van der Waals surface area contributed by atoms with Crippen LogP contribution in [0.5, 0.6) is 0 Å². The van der Waals surface area contributed by atoms with Crippen molar-refractivity contribution in [3.63, 3.8) is 0 Å². The van der Waals surface area contributed by atoms with Gasteiger partial charge >= 0.3 is 12.1 Å². The van der Waals surface area contributed by atoms with Crippen molar-refractivity contribution in [2.24, 2.45) is 0 Å². The highest BCUT2D eigenvalue weighted by atomic mass is 32.1. The van der Waals surface area contributed by atoms with E-state index in [0.717, 1.165) is 32.4 Å². The molecule has 26 heavy (non-hydrogen) atoms. The Morgan fingerprint density at radius 2 is 2.15 bits per heavy atom. The third-order valence-electron chi connectivity index (χ3n) is 4.90. The molecule has 2 N–H and O–H groups in total. The van der Waals surface area contributed by atoms with Crippen LogP contribution in [0.4, 0.5) is 13.2 Å². The topological polar surface area (TPSA) is 69.6 Å². The van der Waals surface area contributed by atoms with Crippen molar-refractivity contribution < 1.29 is 27.9 Å². The summed E-state index contributed by atoms with van der Waals surface area (Å²) in [7, 11) is 0. The molecule has 5 nitrogen and oxygen atoms in total. The second kappa shape index (κ2) is 8.39. The van der Waals surface area contributed by atoms with E-state index in [-0.39, 0.29) is 11.4 Å². The average Bonchev–Trinajstić information content (AvgIpc) is 3.18. The number of rotatable bonds is 3. The van der Waals surface area contributed by atoms with Crippen LogP contribution in [0.15, 0.2) is 17.5 Å². The lowest BCUT2D eigenvalue weighted by Gasteiger charge is -2.48. The van der Waals surface area contributed by atoms with Gasteiger partial charge in [-0.05, 0) is 43.7 Å². The number of aliphatic carboxylic acids is 1. The first-order chi connectivity index (χ1) is 12.2. The van der Waals surface area contributed by atoms with E-state index in [2.05, 4.69) is 34.7 Å². The number of nitrogens with zero attached hydrogens (tertiary/aromatic N) is 1. The van der Waals surface area contributed by atoms with Crippen molar-refractivity contribution in [1.29, 1.82) is 0 Å². The number of piperidine rings is 1. The molecule has 2 saturated heterocycles. The van der Waals surface area contributed by atoms with Crippen LogP contribution in [-0.2, 0) is 16.1 Å². The van der Waals surface area contributed by atoms with Crippen molar-refractivity contribution >= 4 is 23.2 Å². The number of likely N-dealkylation sites (tertiary alicyclic amines) is 1. The highest BCUT2D eigenvalue weighted by molar-refractivity contribution is 7.09. The zero-order valence-electron chi connectivity index (χ0n) is 14.5. The van der Waals surface area contributed by atoms with Crippen molar-refractivity contribution in [1.82, 2.24) is 10.2 Å². The van der Waals surface area contributed by atoms with Crippen LogP contribution in [0.25, 0.3) is 0 Å². The normalized spacial score (nSPS) is 26.3. The smallest absolute Gasteiger partial charge is 0.475 e. The molecule has 1 amide bonds. The summed E-state index contributed by atoms with van der Waals surface area (Å²) in [4.78, 5) is 24.6. The molecule has 1 spiro atoms. The lowest BCUT2D eigenvalue weighted by Crippen LogP contribution is -2.61. The molecule has 2 aliphatic heterocycles. The van der Waals surface area contributed by atoms with E-state index >= 15 is 0 Å². The van der Waals surface area contributed by atoms with Gasteiger partial charge in [-0.15, -0.1) is 11.3 Å². The second-order valence-corrected chi connectivity index (χ2v) is 7.62. The Kier molecular flexibility index (Phi) is 6.68. The highest BCUT2D eigenvalue weighted by Gasteiger charge is 2.47. The second-order valence-electron chi connectivity index (χ2n) is 6.58. The van der Waals surface area contributed by atoms with E-state index in [1.165, 1.54) is 11.3 Å². The third-order valence-corrected chi connectivity index (χ3v) is 5.76. The Balaban J connectivity index is 0.000000298. The number of carbonyl (C=O) groups excluding carboxylic acids is 1. The first-order valence-electron chi connectivity index (χ1n) is 8.55. The summed E-state index contributed by atoms with van der Waals surface area (Å²) in [5, 5.41) is 12.6. The van der Waals surface area contributed by atoms with Gasteiger partial charge in [0.05, 0.1) is 5.54 Å². The zero-order valence-corrected chi connectivity index (χ0v) is 15.3. The van der Waals surface area contributed by atoms with Gasteiger partial charge in [-0.25, -0.2) is 4.79 Å². The van der Waals surface area contributed by atoms with Crippen LogP contribution in [0.3, 0.4) is 0 Å². The summed E-state index contributed by atoms with van der Waals surface area (Å²) in [5.74, 6) is -2.51. The first kappa shape index (κ1) is 20.7. The largest absolute Gasteiger partial charge is 0.490 e. The van der Waals surface area contributed by atoms with Gasteiger partial charge in [-0.1, -0.05) is 13.0 Å². The van der Waals surface area contributed by atoms with E-state index < -0.39 is 12.1 Å². The number of nitrogens with one attached hydrogen (secondary N) is 1. The van der Waals surface area contributed by atoms with Crippen molar-refractivity contribution in [3.8, 4) is 0 Å². The molecule has 2 aliphatic rings. The van der Waals surface area contributed by atoms with Crippen LogP contribution >= 0.6 is 11.3 Å². The molecule has 0 unspecified atom stereocenters. The minimum atomic E-state index is -5.08. The van der Waals surface area contributed by atoms with Crippen molar-refractivity contribution in [2.45, 2.75) is 63.3 Å². The molecule has 9 heteroatoms. The van der Waals surface area contributed by atoms with E-state index in [1.54, 1.807) is 0 Å². The molecule has 2 atom stereocenters. The molecular formula is C17H23F3N2O3S. The molecule has 0 saturated carbocycles. The predicted molar refractivity (Wildman–Crippen MR) is 91.8 cm³/mol. The maximum absolute atomic E-state index is 11.7. The maximum atomic E-state index is 11.7. The highest BCUT2D eigenvalue weighted by Crippen LogP contribution is 2.37. The molecule has 0 aromatic carbocycles. The number of carboxylic acids is 1. The molecule has 0 aliphatic carbocycles. The number of alkyl halides is 3. The summed E-state index contributed by atoms with van der Waals surface area (Å²) in [5.41, 5.74) is 0.0569. The van der Waals surface area contributed by atoms with E-state index in [4.69, 9.17) is 9.90 Å². The summed E-state index contributed by atoms with van der Waals surface area (Å²) in [6.07, 6.45) is 0.112. The Labute approximate surface area is 154 Å². The fraction of sp³-hybridized carbons (Fsp3) is 0.647. The van der Waals surface area contributed by atoms with Gasteiger partial charge in [0.25, 0.3) is 0 Å². The lowest BCUT2D eigenvalue weighted by atomic mass is 9.78. The van der Waals surface area contributed by atoms with E-state index in [0.29, 0.717) is 12.5 Å². The van der Waals surface area contributed by atoms with Gasteiger partial charge in [0.15, 0.2) is 0 Å². The first-order valence-corrected chi connectivity index (χ1v) is 9.43. The fourth-order valence-electron chi connectivity index (χ4n) is 3.89. The SMILES string of the molecule is CC[C@H]1N(Cc2cccs2)CCC[C@]12CCC(=O)N2.O=C(O)C(F)(F)F. The summed E-state index contributed by atoms with van der Waals surface area (Å²) >= 11 is 1.83. The van der Waals surface area contributed by atoms with Gasteiger partial charge in [0, 0.05) is 23.9 Å². The van der Waals surface area contributed by atoms with E-state index in [1.807, 2.05) is 11.3 Å². The number of amides is 1. The van der Waals surface area contributed by atoms with Gasteiger partial charge in [0.1, 0.15) is 0 Å². The van der Waals surface area contributed by atoms with Crippen molar-refractivity contribution in [2.75, 3.05) is 6.54 Å². The molecule has 1 aromatic rings. The van der Waals surface area contributed by atoms with Crippen LogP contribution < -0.4 is 5.32 Å². The number of halogens is 3. The molecule has 2 fully saturated rings. The average molecular weight is 392 g/mol. The zero-order chi connectivity index (χ0) is 19.4. The van der Waals surface area contributed by atoms with Crippen LogP contribution in [-0.4, -0.2) is 46.2 Å². The number of hydrogen-bond donors (Lipinski definition) is 2. The monoisotopic (exact) mass is 392 g/mol. The Morgan fingerprint density at radius 1 is 1.46 bits per heavy atom. The minimum Gasteiger partial charge on any atom is -0.475 e. The predicted octanol–water partition coefficient (Wildman–Crippen LogP) is 3.40. The van der Waals surface area contributed by atoms with E-state index in [9.17, 15) is 18.0 Å². The number of thiophene rings is 1. The minimum absolute atomic E-state index is 0.0569. The summed E-state index contributed by atoms with van der Waals surface area (Å²) in [6, 6.07) is 4.83. The van der Waals surface area contributed by atoms with Crippen LogP contribution in [0, 0.1) is 0 Å². The molecule has 0 radical (unpaired) electrons. The van der Waals surface area contributed by atoms with Crippen molar-refractivity contribution in [3.05, 3.63) is 22.4 Å². The molecular weight excluding hydrogens is 369 g/mol. The number of hydrogen-bond acceptors (Lipinski definition) is 4. The number of carboxylic acid groups (broad SMARTS) is 1. The Hall–Kier alpha value is -1.61. The Bertz CT molecular complexity index is 621. The fourth-order valence-corrected chi connectivity index (χ4v) is 4.62. The standard InChI is InChI=1S/C15H22N2OS.C2HF3O2/c1-2-13-15(8-6-14(18)16-15)7-4-9-17(13)11-12-5-3-10-19-12;3-2(4,5)1(6)7/h3,5,10,13H,2,4,6-9,11H2,1H3,(H,16,18);(H,6,7)/t13-,15+;/m1./s1. The summed E-state index contributed by atoms with van der Waals surface area (Å²) < 4.78 is 31.7. The molecule has 146 valence electrons. The van der Waals surface area contributed by atoms with Crippen LogP contribution in [0.2, 0.25) is 0 Å². The van der Waals surface area contributed by atoms with Crippen LogP contribution in [0.1, 0.15) is 43.9 Å².